The molecule has 22 heavy (non-hydrogen) atoms. The van der Waals surface area contributed by atoms with E-state index < -0.39 is 5.97 Å². The fourth-order valence-corrected chi connectivity index (χ4v) is 2.21. The number of rotatable bonds is 4. The highest BCUT2D eigenvalue weighted by molar-refractivity contribution is 5.94. The van der Waals surface area contributed by atoms with Crippen LogP contribution in [0.2, 0.25) is 0 Å². The molecule has 2 N–H and O–H groups in total. The van der Waals surface area contributed by atoms with Gasteiger partial charge in [0.05, 0.1) is 11.3 Å². The zero-order valence-electron chi connectivity index (χ0n) is 12.7. The molecule has 0 aromatic carbocycles. The number of carboxylic acid groups (broad SMARTS) is 1. The van der Waals surface area contributed by atoms with Crippen molar-refractivity contribution in [2.45, 2.75) is 27.3 Å². The number of aromatic nitrogens is 2. The van der Waals surface area contributed by atoms with Gasteiger partial charge in [0.15, 0.2) is 0 Å². The highest BCUT2D eigenvalue weighted by Crippen LogP contribution is 2.08. The SMILES string of the molecule is Cc1cc(CNC(=O)c2ccc(C(=O)O)c(C)n2)cc(C)n1. The lowest BCUT2D eigenvalue weighted by Gasteiger charge is -2.08. The summed E-state index contributed by atoms with van der Waals surface area (Å²) in [5.74, 6) is -1.40. The van der Waals surface area contributed by atoms with Crippen molar-refractivity contribution < 1.29 is 14.7 Å². The van der Waals surface area contributed by atoms with Gasteiger partial charge >= 0.3 is 5.97 Å². The third-order valence-corrected chi connectivity index (χ3v) is 3.14. The first-order chi connectivity index (χ1) is 10.4. The summed E-state index contributed by atoms with van der Waals surface area (Å²) in [5.41, 5.74) is 3.35. The fourth-order valence-electron chi connectivity index (χ4n) is 2.21. The van der Waals surface area contributed by atoms with Gasteiger partial charge in [0.2, 0.25) is 0 Å². The van der Waals surface area contributed by atoms with E-state index in [2.05, 4.69) is 15.3 Å². The Kier molecular flexibility index (Phi) is 4.50. The average molecular weight is 299 g/mol. The molecule has 0 unspecified atom stereocenters. The molecule has 0 spiro atoms. The smallest absolute Gasteiger partial charge is 0.337 e. The molecule has 0 bridgehead atoms. The predicted molar refractivity (Wildman–Crippen MR) is 80.8 cm³/mol. The summed E-state index contributed by atoms with van der Waals surface area (Å²) in [6, 6.07) is 6.61. The average Bonchev–Trinajstić information content (AvgIpc) is 2.43. The molecule has 0 aliphatic heterocycles. The maximum atomic E-state index is 12.1. The Bertz CT molecular complexity index is 721. The molecule has 0 saturated carbocycles. The Morgan fingerprint density at radius 2 is 1.73 bits per heavy atom. The van der Waals surface area contributed by atoms with Gasteiger partial charge < -0.3 is 10.4 Å². The van der Waals surface area contributed by atoms with Crippen molar-refractivity contribution >= 4 is 11.9 Å². The van der Waals surface area contributed by atoms with Crippen LogP contribution in [-0.2, 0) is 6.54 Å². The van der Waals surface area contributed by atoms with Crippen molar-refractivity contribution in [2.24, 2.45) is 0 Å². The molecule has 0 aliphatic rings. The van der Waals surface area contributed by atoms with Crippen LogP contribution in [-0.4, -0.2) is 27.0 Å². The normalized spacial score (nSPS) is 10.3. The van der Waals surface area contributed by atoms with Gasteiger partial charge in [-0.05, 0) is 50.6 Å². The van der Waals surface area contributed by atoms with Crippen LogP contribution >= 0.6 is 0 Å². The largest absolute Gasteiger partial charge is 0.478 e. The minimum Gasteiger partial charge on any atom is -0.478 e. The van der Waals surface area contributed by atoms with Crippen LogP contribution in [0.5, 0.6) is 0 Å². The van der Waals surface area contributed by atoms with E-state index in [9.17, 15) is 9.59 Å². The number of amides is 1. The van der Waals surface area contributed by atoms with Gasteiger partial charge in [-0.15, -0.1) is 0 Å². The number of nitrogens with zero attached hydrogens (tertiary/aromatic N) is 2. The molecule has 6 heteroatoms. The second kappa shape index (κ2) is 6.34. The van der Waals surface area contributed by atoms with E-state index in [1.54, 1.807) is 6.92 Å². The van der Waals surface area contributed by atoms with E-state index in [0.29, 0.717) is 12.2 Å². The van der Waals surface area contributed by atoms with E-state index in [4.69, 9.17) is 5.11 Å². The lowest BCUT2D eigenvalue weighted by molar-refractivity contribution is 0.0694. The number of carboxylic acids is 1. The Labute approximate surface area is 128 Å². The lowest BCUT2D eigenvalue weighted by atomic mass is 10.1. The molecular weight excluding hydrogens is 282 g/mol. The minimum absolute atomic E-state index is 0.0944. The first-order valence-corrected chi connectivity index (χ1v) is 6.80. The quantitative estimate of drug-likeness (QED) is 0.901. The highest BCUT2D eigenvalue weighted by Gasteiger charge is 2.13. The van der Waals surface area contributed by atoms with Crippen LogP contribution < -0.4 is 5.32 Å². The van der Waals surface area contributed by atoms with E-state index in [1.165, 1.54) is 12.1 Å². The number of carbonyl (C=O) groups is 2. The standard InChI is InChI=1S/C16H17N3O3/c1-9-6-12(7-10(2)18-9)8-17-15(20)14-5-4-13(16(21)22)11(3)19-14/h4-7H,8H2,1-3H3,(H,17,20)(H,21,22). The second-order valence-electron chi connectivity index (χ2n) is 5.08. The lowest BCUT2D eigenvalue weighted by Crippen LogP contribution is -2.24. The summed E-state index contributed by atoms with van der Waals surface area (Å²) in [5, 5.41) is 11.7. The van der Waals surface area contributed by atoms with E-state index >= 15 is 0 Å². The molecule has 1 amide bonds. The molecule has 0 fully saturated rings. The van der Waals surface area contributed by atoms with Crippen molar-refractivity contribution in [2.75, 3.05) is 0 Å². The maximum absolute atomic E-state index is 12.1. The maximum Gasteiger partial charge on any atom is 0.337 e. The zero-order chi connectivity index (χ0) is 16.3. The number of carbonyl (C=O) groups excluding carboxylic acids is 1. The van der Waals surface area contributed by atoms with Gasteiger partial charge in [-0.25, -0.2) is 9.78 Å². The van der Waals surface area contributed by atoms with E-state index in [-0.39, 0.29) is 17.2 Å². The molecule has 6 nitrogen and oxygen atoms in total. The Balaban J connectivity index is 2.09. The molecule has 0 aliphatic carbocycles. The monoisotopic (exact) mass is 299 g/mol. The summed E-state index contributed by atoms with van der Waals surface area (Å²) in [6.45, 7) is 5.72. The molecule has 2 aromatic heterocycles. The van der Waals surface area contributed by atoms with Gasteiger partial charge in [0.25, 0.3) is 5.91 Å². The van der Waals surface area contributed by atoms with Gasteiger partial charge in [-0.3, -0.25) is 9.78 Å². The van der Waals surface area contributed by atoms with Crippen molar-refractivity contribution in [3.05, 3.63) is 58.2 Å². The van der Waals surface area contributed by atoms with Gasteiger partial charge in [-0.1, -0.05) is 0 Å². The number of hydrogen-bond acceptors (Lipinski definition) is 4. The number of aryl methyl sites for hydroxylation is 3. The first kappa shape index (κ1) is 15.6. The van der Waals surface area contributed by atoms with Crippen LogP contribution in [0.25, 0.3) is 0 Å². The fraction of sp³-hybridized carbons (Fsp3) is 0.250. The minimum atomic E-state index is -1.06. The van der Waals surface area contributed by atoms with Crippen molar-refractivity contribution in [1.82, 2.24) is 15.3 Å². The number of nitrogens with one attached hydrogen (secondary N) is 1. The highest BCUT2D eigenvalue weighted by atomic mass is 16.4. The summed E-state index contributed by atoms with van der Waals surface area (Å²) >= 11 is 0. The number of pyridine rings is 2. The molecule has 0 atom stereocenters. The second-order valence-corrected chi connectivity index (χ2v) is 5.08. The third-order valence-electron chi connectivity index (χ3n) is 3.14. The van der Waals surface area contributed by atoms with Crippen LogP contribution in [0.1, 0.15) is 43.5 Å². The molecule has 2 heterocycles. The topological polar surface area (TPSA) is 92.2 Å². The molecule has 114 valence electrons. The Morgan fingerprint density at radius 1 is 1.09 bits per heavy atom. The summed E-state index contributed by atoms with van der Waals surface area (Å²) in [4.78, 5) is 31.3. The van der Waals surface area contributed by atoms with Crippen LogP contribution in [0.15, 0.2) is 24.3 Å². The molecule has 0 saturated heterocycles. The van der Waals surface area contributed by atoms with E-state index in [0.717, 1.165) is 17.0 Å². The van der Waals surface area contributed by atoms with Gasteiger partial charge in [-0.2, -0.15) is 0 Å². The molecule has 2 aromatic rings. The molecule has 0 radical (unpaired) electrons. The summed E-state index contributed by atoms with van der Waals surface area (Å²) in [7, 11) is 0. The number of hydrogen-bond donors (Lipinski definition) is 2. The number of aromatic carboxylic acids is 1. The van der Waals surface area contributed by atoms with Gasteiger partial charge in [0.1, 0.15) is 5.69 Å². The summed E-state index contributed by atoms with van der Waals surface area (Å²) < 4.78 is 0. The third kappa shape index (κ3) is 3.66. The summed E-state index contributed by atoms with van der Waals surface area (Å²) in [6.07, 6.45) is 0. The van der Waals surface area contributed by atoms with Gasteiger partial charge in [0, 0.05) is 17.9 Å². The van der Waals surface area contributed by atoms with Crippen molar-refractivity contribution in [3.8, 4) is 0 Å². The van der Waals surface area contributed by atoms with Crippen molar-refractivity contribution in [1.29, 1.82) is 0 Å². The predicted octanol–water partition coefficient (Wildman–Crippen LogP) is 2.03. The molecular formula is C16H17N3O3. The van der Waals surface area contributed by atoms with Crippen LogP contribution in [0.3, 0.4) is 0 Å². The Hall–Kier alpha value is -2.76. The molecule has 2 rings (SSSR count). The Morgan fingerprint density at radius 3 is 2.27 bits per heavy atom. The van der Waals surface area contributed by atoms with Crippen molar-refractivity contribution in [3.63, 3.8) is 0 Å². The zero-order valence-corrected chi connectivity index (χ0v) is 12.7. The first-order valence-electron chi connectivity index (χ1n) is 6.80. The van der Waals surface area contributed by atoms with Crippen LogP contribution in [0, 0.1) is 20.8 Å². The van der Waals surface area contributed by atoms with Crippen LogP contribution in [0.4, 0.5) is 0 Å². The van der Waals surface area contributed by atoms with E-state index in [1.807, 2.05) is 26.0 Å².